The average molecular weight is 312 g/mol. The third-order valence-corrected chi connectivity index (χ3v) is 4.46. The molecule has 5 heteroatoms. The lowest BCUT2D eigenvalue weighted by Crippen LogP contribution is -2.38. The van der Waals surface area contributed by atoms with Gasteiger partial charge < -0.3 is 16.4 Å². The molecule has 2 unspecified atom stereocenters. The molecule has 0 spiro atoms. The zero-order valence-electron chi connectivity index (χ0n) is 13.5. The maximum absolute atomic E-state index is 10.5. The number of carbonyl (C=O) groups excluding carboxylic acids is 1. The second-order valence-electron chi connectivity index (χ2n) is 6.31. The first kappa shape index (κ1) is 15.7. The largest absolute Gasteiger partial charge is 0.369 e. The number of anilines is 1. The van der Waals surface area contributed by atoms with Gasteiger partial charge in [0.1, 0.15) is 0 Å². The number of pyridine rings is 1. The molecule has 1 aliphatic carbocycles. The summed E-state index contributed by atoms with van der Waals surface area (Å²) in [6.45, 7) is 1.95. The summed E-state index contributed by atoms with van der Waals surface area (Å²) in [5, 5.41) is 7.36. The van der Waals surface area contributed by atoms with Crippen molar-refractivity contribution in [2.45, 2.75) is 51.2 Å². The number of nitrogens with one attached hydrogen (secondary N) is 2. The van der Waals surface area contributed by atoms with Gasteiger partial charge >= 0.3 is 0 Å². The normalized spacial score (nSPS) is 16.4. The third kappa shape index (κ3) is 3.45. The van der Waals surface area contributed by atoms with Crippen LogP contribution in [0.5, 0.6) is 0 Å². The SMILES string of the molecule is CC(CC(N)Nc1c2c(nc3ccccc13)CCCC2)NC=O. The van der Waals surface area contributed by atoms with E-state index in [9.17, 15) is 4.79 Å². The molecule has 0 fully saturated rings. The first-order valence-electron chi connectivity index (χ1n) is 8.31. The van der Waals surface area contributed by atoms with E-state index in [2.05, 4.69) is 22.8 Å². The Labute approximate surface area is 136 Å². The van der Waals surface area contributed by atoms with E-state index >= 15 is 0 Å². The Balaban J connectivity index is 1.93. The molecule has 122 valence electrons. The summed E-state index contributed by atoms with van der Waals surface area (Å²) in [7, 11) is 0. The molecule has 1 aromatic carbocycles. The summed E-state index contributed by atoms with van der Waals surface area (Å²) in [5.41, 5.74) is 10.9. The Kier molecular flexibility index (Phi) is 4.76. The van der Waals surface area contributed by atoms with Crippen LogP contribution in [-0.2, 0) is 17.6 Å². The van der Waals surface area contributed by atoms with E-state index in [1.807, 2.05) is 19.1 Å². The second kappa shape index (κ2) is 6.96. The van der Waals surface area contributed by atoms with Crippen molar-refractivity contribution in [3.63, 3.8) is 0 Å². The molecule has 1 heterocycles. The number of rotatable bonds is 6. The van der Waals surface area contributed by atoms with Crippen molar-refractivity contribution in [2.24, 2.45) is 5.73 Å². The van der Waals surface area contributed by atoms with Crippen molar-refractivity contribution in [2.75, 3.05) is 5.32 Å². The van der Waals surface area contributed by atoms with Crippen LogP contribution in [0, 0.1) is 0 Å². The highest BCUT2D eigenvalue weighted by atomic mass is 16.1. The molecular weight excluding hydrogens is 288 g/mol. The van der Waals surface area contributed by atoms with Crippen LogP contribution in [0.15, 0.2) is 24.3 Å². The van der Waals surface area contributed by atoms with Gasteiger partial charge in [0.05, 0.1) is 11.7 Å². The van der Waals surface area contributed by atoms with Crippen molar-refractivity contribution >= 4 is 23.0 Å². The zero-order valence-corrected chi connectivity index (χ0v) is 13.5. The van der Waals surface area contributed by atoms with Crippen molar-refractivity contribution in [3.05, 3.63) is 35.5 Å². The smallest absolute Gasteiger partial charge is 0.207 e. The van der Waals surface area contributed by atoms with Crippen LogP contribution in [0.1, 0.15) is 37.4 Å². The average Bonchev–Trinajstić information content (AvgIpc) is 2.54. The van der Waals surface area contributed by atoms with Crippen LogP contribution in [0.4, 0.5) is 5.69 Å². The van der Waals surface area contributed by atoms with E-state index in [1.165, 1.54) is 24.1 Å². The minimum absolute atomic E-state index is 0.0407. The van der Waals surface area contributed by atoms with Gasteiger partial charge in [0.2, 0.25) is 6.41 Å². The van der Waals surface area contributed by atoms with Crippen molar-refractivity contribution < 1.29 is 4.79 Å². The highest BCUT2D eigenvalue weighted by Crippen LogP contribution is 2.33. The number of fused-ring (bicyclic) bond motifs is 2. The molecule has 0 saturated carbocycles. The maximum Gasteiger partial charge on any atom is 0.207 e. The van der Waals surface area contributed by atoms with Gasteiger partial charge in [-0.25, -0.2) is 0 Å². The standard InChI is InChI=1S/C18H24N4O/c1-12(20-11-23)10-17(19)22-18-13-6-2-4-8-15(13)21-16-9-5-3-7-14(16)18/h2,4,6,8,11-12,17H,3,5,7,9-10,19H2,1H3,(H,20,23)(H,21,22). The number of amides is 1. The molecule has 1 amide bonds. The Morgan fingerprint density at radius 3 is 2.91 bits per heavy atom. The molecule has 1 aliphatic rings. The monoisotopic (exact) mass is 312 g/mol. The molecule has 0 saturated heterocycles. The molecule has 2 atom stereocenters. The molecule has 4 N–H and O–H groups in total. The predicted molar refractivity (Wildman–Crippen MR) is 93.3 cm³/mol. The second-order valence-corrected chi connectivity index (χ2v) is 6.31. The third-order valence-electron chi connectivity index (χ3n) is 4.46. The number of hydrogen-bond acceptors (Lipinski definition) is 4. The maximum atomic E-state index is 10.5. The molecule has 2 aromatic rings. The van der Waals surface area contributed by atoms with Gasteiger partial charge in [0.25, 0.3) is 0 Å². The Bertz CT molecular complexity index is 701. The summed E-state index contributed by atoms with van der Waals surface area (Å²) in [5.74, 6) is 0. The Hall–Kier alpha value is -2.14. The van der Waals surface area contributed by atoms with Gasteiger partial charge in [-0.05, 0) is 44.2 Å². The number of carbonyl (C=O) groups is 1. The lowest BCUT2D eigenvalue weighted by Gasteiger charge is -2.25. The number of nitrogens with zero attached hydrogens (tertiary/aromatic N) is 1. The van der Waals surface area contributed by atoms with Gasteiger partial charge in [-0.15, -0.1) is 0 Å². The van der Waals surface area contributed by atoms with E-state index in [-0.39, 0.29) is 12.2 Å². The van der Waals surface area contributed by atoms with Crippen LogP contribution in [0.2, 0.25) is 0 Å². The summed E-state index contributed by atoms with van der Waals surface area (Å²) in [6, 6.07) is 8.24. The minimum atomic E-state index is -0.214. The van der Waals surface area contributed by atoms with E-state index < -0.39 is 0 Å². The lowest BCUT2D eigenvalue weighted by atomic mass is 9.92. The van der Waals surface area contributed by atoms with Crippen LogP contribution < -0.4 is 16.4 Å². The molecule has 5 nitrogen and oxygen atoms in total. The van der Waals surface area contributed by atoms with Crippen LogP contribution in [-0.4, -0.2) is 23.6 Å². The van der Waals surface area contributed by atoms with Gasteiger partial charge in [-0.1, -0.05) is 18.2 Å². The highest BCUT2D eigenvalue weighted by molar-refractivity contribution is 5.93. The lowest BCUT2D eigenvalue weighted by molar-refractivity contribution is -0.110. The van der Waals surface area contributed by atoms with Gasteiger partial charge in [0.15, 0.2) is 0 Å². The first-order chi connectivity index (χ1) is 11.2. The topological polar surface area (TPSA) is 80.0 Å². The molecule has 0 aliphatic heterocycles. The van der Waals surface area contributed by atoms with Crippen LogP contribution >= 0.6 is 0 Å². The van der Waals surface area contributed by atoms with Gasteiger partial charge in [-0.2, -0.15) is 0 Å². The van der Waals surface area contributed by atoms with Gasteiger partial charge in [0, 0.05) is 29.2 Å². The van der Waals surface area contributed by atoms with Gasteiger partial charge in [-0.3, -0.25) is 9.78 Å². The van der Waals surface area contributed by atoms with Crippen LogP contribution in [0.25, 0.3) is 10.9 Å². The number of para-hydroxylation sites is 1. The number of nitrogens with two attached hydrogens (primary N) is 1. The fourth-order valence-electron chi connectivity index (χ4n) is 3.35. The summed E-state index contributed by atoms with van der Waals surface area (Å²) in [4.78, 5) is 15.4. The molecule has 3 rings (SSSR count). The Morgan fingerprint density at radius 1 is 1.30 bits per heavy atom. The first-order valence-corrected chi connectivity index (χ1v) is 8.31. The summed E-state index contributed by atoms with van der Waals surface area (Å²) >= 11 is 0. The molecule has 23 heavy (non-hydrogen) atoms. The van der Waals surface area contributed by atoms with E-state index in [4.69, 9.17) is 10.7 Å². The number of aromatic nitrogens is 1. The van der Waals surface area contributed by atoms with E-state index in [0.717, 1.165) is 35.8 Å². The number of benzene rings is 1. The fraction of sp³-hybridized carbons (Fsp3) is 0.444. The summed E-state index contributed by atoms with van der Waals surface area (Å²) < 4.78 is 0. The predicted octanol–water partition coefficient (Wildman–Crippen LogP) is 2.33. The van der Waals surface area contributed by atoms with Crippen molar-refractivity contribution in [3.8, 4) is 0 Å². The van der Waals surface area contributed by atoms with Crippen molar-refractivity contribution in [1.29, 1.82) is 0 Å². The number of hydrogen-bond donors (Lipinski definition) is 3. The van der Waals surface area contributed by atoms with E-state index in [0.29, 0.717) is 6.42 Å². The summed E-state index contributed by atoms with van der Waals surface area (Å²) in [6.07, 6.45) is 5.65. The molecule has 0 bridgehead atoms. The van der Waals surface area contributed by atoms with Crippen LogP contribution in [0.3, 0.4) is 0 Å². The highest BCUT2D eigenvalue weighted by Gasteiger charge is 2.19. The van der Waals surface area contributed by atoms with E-state index in [1.54, 1.807) is 0 Å². The minimum Gasteiger partial charge on any atom is -0.369 e. The fourth-order valence-corrected chi connectivity index (χ4v) is 3.35. The molecule has 0 radical (unpaired) electrons. The Morgan fingerprint density at radius 2 is 2.09 bits per heavy atom. The number of aryl methyl sites for hydroxylation is 1. The quantitative estimate of drug-likeness (QED) is 0.565. The molecular formula is C18H24N4O. The molecule has 1 aromatic heterocycles. The van der Waals surface area contributed by atoms with Crippen molar-refractivity contribution in [1.82, 2.24) is 10.3 Å². The zero-order chi connectivity index (χ0) is 16.2.